The van der Waals surface area contributed by atoms with Crippen molar-refractivity contribution in [3.63, 3.8) is 0 Å². The number of rotatable bonds is 6. The molecule has 0 saturated carbocycles. The largest absolute Gasteiger partial charge is 0.349 e. The van der Waals surface area contributed by atoms with Crippen LogP contribution in [0.3, 0.4) is 0 Å². The van der Waals surface area contributed by atoms with Crippen LogP contribution < -0.4 is 5.32 Å². The number of aromatic nitrogens is 1. The SMILES string of the molecule is CCn1c(C)cc(C(=O)CN2C(=O)NC(CC)(c3ccc(F)cc3)C2=O)c1C. The Bertz CT molecular complexity index is 949. The molecular weight excluding hydrogens is 361 g/mol. The molecule has 7 heteroatoms. The Balaban J connectivity index is 1.89. The Morgan fingerprint density at radius 3 is 2.32 bits per heavy atom. The zero-order chi connectivity index (χ0) is 20.6. The van der Waals surface area contributed by atoms with E-state index in [4.69, 9.17) is 0 Å². The summed E-state index contributed by atoms with van der Waals surface area (Å²) >= 11 is 0. The van der Waals surface area contributed by atoms with Gasteiger partial charge in [0.05, 0.1) is 6.54 Å². The summed E-state index contributed by atoms with van der Waals surface area (Å²) < 4.78 is 15.3. The number of nitrogens with zero attached hydrogens (tertiary/aromatic N) is 2. The number of urea groups is 1. The molecule has 0 bridgehead atoms. The lowest BCUT2D eigenvalue weighted by molar-refractivity contribution is -0.131. The van der Waals surface area contributed by atoms with E-state index in [-0.39, 0.29) is 18.7 Å². The molecule has 1 aliphatic heterocycles. The number of hydrogen-bond acceptors (Lipinski definition) is 3. The van der Waals surface area contributed by atoms with Gasteiger partial charge in [0, 0.05) is 23.5 Å². The van der Waals surface area contributed by atoms with Crippen LogP contribution in [0.15, 0.2) is 30.3 Å². The van der Waals surface area contributed by atoms with Gasteiger partial charge in [0.15, 0.2) is 5.78 Å². The molecule has 1 aromatic carbocycles. The number of carbonyl (C=O) groups excluding carboxylic acids is 3. The van der Waals surface area contributed by atoms with E-state index in [1.165, 1.54) is 24.3 Å². The molecule has 3 amide bonds. The van der Waals surface area contributed by atoms with Crippen LogP contribution in [0.25, 0.3) is 0 Å². The van der Waals surface area contributed by atoms with Gasteiger partial charge in [0.1, 0.15) is 11.4 Å². The minimum absolute atomic E-state index is 0.290. The molecule has 1 aromatic heterocycles. The Morgan fingerprint density at radius 1 is 1.14 bits per heavy atom. The number of amides is 3. The van der Waals surface area contributed by atoms with Crippen LogP contribution in [0.4, 0.5) is 9.18 Å². The number of carbonyl (C=O) groups is 3. The fourth-order valence-electron chi connectivity index (χ4n) is 3.94. The zero-order valence-corrected chi connectivity index (χ0v) is 16.5. The maximum absolute atomic E-state index is 13.3. The second-order valence-electron chi connectivity index (χ2n) is 7.04. The highest BCUT2D eigenvalue weighted by Gasteiger charge is 2.51. The van der Waals surface area contributed by atoms with Gasteiger partial charge in [-0.05, 0) is 51.0 Å². The van der Waals surface area contributed by atoms with Gasteiger partial charge in [-0.2, -0.15) is 0 Å². The molecule has 1 N–H and O–H groups in total. The summed E-state index contributed by atoms with van der Waals surface area (Å²) in [5, 5.41) is 2.71. The lowest BCUT2D eigenvalue weighted by atomic mass is 9.87. The summed E-state index contributed by atoms with van der Waals surface area (Å²) in [6.07, 6.45) is 0.290. The Morgan fingerprint density at radius 2 is 1.79 bits per heavy atom. The molecule has 148 valence electrons. The van der Waals surface area contributed by atoms with Gasteiger partial charge in [-0.3, -0.25) is 14.5 Å². The van der Waals surface area contributed by atoms with E-state index in [0.717, 1.165) is 22.8 Å². The lowest BCUT2D eigenvalue weighted by Crippen LogP contribution is -2.43. The number of hydrogen-bond donors (Lipinski definition) is 1. The number of aryl methyl sites for hydroxylation is 1. The first kappa shape index (κ1) is 19.8. The van der Waals surface area contributed by atoms with Gasteiger partial charge < -0.3 is 9.88 Å². The molecule has 0 radical (unpaired) electrons. The molecule has 6 nitrogen and oxygen atoms in total. The van der Waals surface area contributed by atoms with E-state index >= 15 is 0 Å². The van der Waals surface area contributed by atoms with Crippen LogP contribution in [0.1, 0.15) is 47.6 Å². The first-order valence-corrected chi connectivity index (χ1v) is 9.35. The summed E-state index contributed by atoms with van der Waals surface area (Å²) in [5.74, 6) is -1.21. The van der Waals surface area contributed by atoms with Crippen LogP contribution in [-0.2, 0) is 16.9 Å². The third kappa shape index (κ3) is 3.00. The molecule has 2 heterocycles. The molecule has 1 fully saturated rings. The van der Waals surface area contributed by atoms with Crippen LogP contribution in [0.5, 0.6) is 0 Å². The van der Waals surface area contributed by atoms with Crippen molar-refractivity contribution in [3.8, 4) is 0 Å². The second-order valence-corrected chi connectivity index (χ2v) is 7.04. The lowest BCUT2D eigenvalue weighted by Gasteiger charge is -2.25. The first-order valence-electron chi connectivity index (χ1n) is 9.35. The normalized spacial score (nSPS) is 19.2. The molecule has 1 unspecified atom stereocenters. The average Bonchev–Trinajstić information content (AvgIpc) is 3.10. The Labute approximate surface area is 163 Å². The monoisotopic (exact) mass is 385 g/mol. The fraction of sp³-hybridized carbons (Fsp3) is 0.381. The minimum Gasteiger partial charge on any atom is -0.349 e. The summed E-state index contributed by atoms with van der Waals surface area (Å²) in [7, 11) is 0. The van der Waals surface area contributed by atoms with Crippen molar-refractivity contribution in [2.45, 2.75) is 46.2 Å². The Kier molecular flexibility index (Phi) is 5.10. The molecule has 3 rings (SSSR count). The standard InChI is InChI=1S/C21H24FN3O3/c1-5-21(15-7-9-16(22)10-8-15)19(27)25(20(28)23-21)12-18(26)17-11-13(3)24(6-2)14(17)4/h7-11H,5-6,12H2,1-4H3,(H,23,28). The van der Waals surface area contributed by atoms with Crippen molar-refractivity contribution < 1.29 is 18.8 Å². The molecule has 2 aromatic rings. The van der Waals surface area contributed by atoms with Crippen molar-refractivity contribution in [1.82, 2.24) is 14.8 Å². The molecule has 0 spiro atoms. The number of nitrogens with one attached hydrogen (secondary N) is 1. The van der Waals surface area contributed by atoms with Gasteiger partial charge in [0.25, 0.3) is 5.91 Å². The predicted octanol–water partition coefficient (Wildman–Crippen LogP) is 3.30. The van der Waals surface area contributed by atoms with Crippen molar-refractivity contribution in [3.05, 3.63) is 58.7 Å². The van der Waals surface area contributed by atoms with Crippen LogP contribution >= 0.6 is 0 Å². The maximum Gasteiger partial charge on any atom is 0.325 e. The minimum atomic E-state index is -1.29. The first-order chi connectivity index (χ1) is 13.2. The molecule has 0 aliphatic carbocycles. The Hall–Kier alpha value is -2.96. The number of imide groups is 1. The van der Waals surface area contributed by atoms with Crippen molar-refractivity contribution in [2.75, 3.05) is 6.54 Å². The quantitative estimate of drug-likeness (QED) is 0.613. The summed E-state index contributed by atoms with van der Waals surface area (Å²) in [4.78, 5) is 39.5. The molecule has 1 atom stereocenters. The second kappa shape index (κ2) is 7.22. The van der Waals surface area contributed by atoms with E-state index in [1.807, 2.05) is 25.3 Å². The molecule has 28 heavy (non-hydrogen) atoms. The van der Waals surface area contributed by atoms with Crippen LogP contribution in [0, 0.1) is 19.7 Å². The van der Waals surface area contributed by atoms with E-state index in [2.05, 4.69) is 5.32 Å². The molecular formula is C21H24FN3O3. The third-order valence-electron chi connectivity index (χ3n) is 5.54. The van der Waals surface area contributed by atoms with E-state index in [9.17, 15) is 18.8 Å². The number of halogens is 1. The topological polar surface area (TPSA) is 71.4 Å². The summed E-state index contributed by atoms with van der Waals surface area (Å²) in [5.41, 5.74) is 1.49. The van der Waals surface area contributed by atoms with E-state index < -0.39 is 23.3 Å². The molecule has 1 aliphatic rings. The number of benzene rings is 1. The molecule has 1 saturated heterocycles. The van der Waals surface area contributed by atoms with Crippen molar-refractivity contribution in [1.29, 1.82) is 0 Å². The summed E-state index contributed by atoms with van der Waals surface area (Å²) in [6.45, 7) is 7.92. The average molecular weight is 385 g/mol. The van der Waals surface area contributed by atoms with Gasteiger partial charge in [0.2, 0.25) is 0 Å². The third-order valence-corrected chi connectivity index (χ3v) is 5.54. The van der Waals surface area contributed by atoms with Gasteiger partial charge >= 0.3 is 6.03 Å². The van der Waals surface area contributed by atoms with Crippen molar-refractivity contribution in [2.24, 2.45) is 0 Å². The van der Waals surface area contributed by atoms with Crippen molar-refractivity contribution >= 4 is 17.7 Å². The summed E-state index contributed by atoms with van der Waals surface area (Å²) in [6, 6.07) is 6.63. The van der Waals surface area contributed by atoms with Gasteiger partial charge in [-0.15, -0.1) is 0 Å². The highest BCUT2D eigenvalue weighted by molar-refractivity contribution is 6.11. The zero-order valence-electron chi connectivity index (χ0n) is 16.5. The van der Waals surface area contributed by atoms with E-state index in [1.54, 1.807) is 13.0 Å². The van der Waals surface area contributed by atoms with Gasteiger partial charge in [-0.1, -0.05) is 19.1 Å². The highest BCUT2D eigenvalue weighted by Crippen LogP contribution is 2.32. The predicted molar refractivity (Wildman–Crippen MR) is 103 cm³/mol. The number of ketones is 1. The van der Waals surface area contributed by atoms with E-state index in [0.29, 0.717) is 11.1 Å². The smallest absolute Gasteiger partial charge is 0.325 e. The van der Waals surface area contributed by atoms with Gasteiger partial charge in [-0.25, -0.2) is 9.18 Å². The van der Waals surface area contributed by atoms with Crippen LogP contribution in [0.2, 0.25) is 0 Å². The number of Topliss-reactive ketones (excluding diaryl/α,β-unsaturated/α-hetero) is 1. The van der Waals surface area contributed by atoms with Crippen LogP contribution in [-0.4, -0.2) is 33.7 Å². The fourth-order valence-corrected chi connectivity index (χ4v) is 3.94. The highest BCUT2D eigenvalue weighted by atomic mass is 19.1. The maximum atomic E-state index is 13.3.